The average molecular weight is 266 g/mol. The monoisotopic (exact) mass is 266 g/mol. The van der Waals surface area contributed by atoms with Gasteiger partial charge in [-0.1, -0.05) is 32.9 Å². The predicted octanol–water partition coefficient (Wildman–Crippen LogP) is 4.78. The average Bonchev–Trinajstić information content (AvgIpc) is 2.89. The second kappa shape index (κ2) is 4.27. The van der Waals surface area contributed by atoms with Crippen LogP contribution in [0.3, 0.4) is 0 Å². The van der Waals surface area contributed by atoms with E-state index in [1.165, 1.54) is 33.3 Å². The third kappa shape index (κ3) is 2.05. The minimum Gasteiger partial charge on any atom is -0.358 e. The molecule has 0 fully saturated rings. The topological polar surface area (TPSA) is 20.7 Å². The number of nitrogens with one attached hydrogen (secondary N) is 1. The maximum atomic E-state index is 3.54. The maximum absolute atomic E-state index is 3.54. The number of aromatic nitrogens is 2. The van der Waals surface area contributed by atoms with Gasteiger partial charge in [0.05, 0.1) is 0 Å². The molecule has 1 aromatic carbocycles. The smallest absolute Gasteiger partial charge is 0.0465 e. The van der Waals surface area contributed by atoms with Crippen LogP contribution >= 0.6 is 0 Å². The first-order chi connectivity index (χ1) is 9.36. The standard InChI is InChI=1S/C18H22N2/c1-12-17(18(2,3)4)15-7-6-13(10-16(15)19-12)14-8-9-20(5)11-14/h6-11,19H,1-5H3. The van der Waals surface area contributed by atoms with Gasteiger partial charge in [0.2, 0.25) is 0 Å². The summed E-state index contributed by atoms with van der Waals surface area (Å²) in [6.45, 7) is 8.98. The highest BCUT2D eigenvalue weighted by atomic mass is 14.9. The molecule has 0 saturated heterocycles. The van der Waals surface area contributed by atoms with E-state index in [9.17, 15) is 0 Å². The molecule has 0 aliphatic heterocycles. The van der Waals surface area contributed by atoms with E-state index < -0.39 is 0 Å². The van der Waals surface area contributed by atoms with Crippen LogP contribution in [0.2, 0.25) is 0 Å². The Bertz CT molecular complexity index is 766. The van der Waals surface area contributed by atoms with Crippen LogP contribution in [0.1, 0.15) is 32.0 Å². The number of aryl methyl sites for hydroxylation is 2. The second-order valence-corrected chi connectivity index (χ2v) is 6.70. The van der Waals surface area contributed by atoms with Crippen LogP contribution in [0.15, 0.2) is 36.7 Å². The Morgan fingerprint density at radius 2 is 1.80 bits per heavy atom. The summed E-state index contributed by atoms with van der Waals surface area (Å²) in [5, 5.41) is 1.34. The number of H-pyrrole nitrogens is 1. The first kappa shape index (κ1) is 13.0. The van der Waals surface area contributed by atoms with E-state index in [2.05, 4.69) is 81.0 Å². The lowest BCUT2D eigenvalue weighted by molar-refractivity contribution is 0.591. The number of aromatic amines is 1. The van der Waals surface area contributed by atoms with Gasteiger partial charge in [0.25, 0.3) is 0 Å². The van der Waals surface area contributed by atoms with Gasteiger partial charge in [0, 0.05) is 36.0 Å². The zero-order valence-electron chi connectivity index (χ0n) is 12.9. The van der Waals surface area contributed by atoms with E-state index in [1.807, 2.05) is 0 Å². The normalized spacial score (nSPS) is 12.2. The lowest BCUT2D eigenvalue weighted by Gasteiger charge is -2.19. The zero-order chi connectivity index (χ0) is 14.5. The quantitative estimate of drug-likeness (QED) is 0.654. The first-order valence-corrected chi connectivity index (χ1v) is 7.11. The highest BCUT2D eigenvalue weighted by molar-refractivity contribution is 5.89. The van der Waals surface area contributed by atoms with Gasteiger partial charge < -0.3 is 9.55 Å². The Kier molecular flexibility index (Phi) is 2.79. The number of hydrogen-bond acceptors (Lipinski definition) is 0. The molecule has 2 aromatic heterocycles. The molecular weight excluding hydrogens is 244 g/mol. The predicted molar refractivity (Wildman–Crippen MR) is 86.1 cm³/mol. The van der Waals surface area contributed by atoms with Crippen LogP contribution in [-0.2, 0) is 12.5 Å². The van der Waals surface area contributed by atoms with Crippen LogP contribution in [0.4, 0.5) is 0 Å². The van der Waals surface area contributed by atoms with Gasteiger partial charge in [-0.15, -0.1) is 0 Å². The third-order valence-electron chi connectivity index (χ3n) is 3.90. The SMILES string of the molecule is Cc1[nH]c2cc(-c3ccn(C)c3)ccc2c1C(C)(C)C. The van der Waals surface area contributed by atoms with Crippen molar-refractivity contribution in [2.75, 3.05) is 0 Å². The maximum Gasteiger partial charge on any atom is 0.0465 e. The fraction of sp³-hybridized carbons (Fsp3) is 0.333. The van der Waals surface area contributed by atoms with Crippen molar-refractivity contribution >= 4 is 10.9 Å². The Morgan fingerprint density at radius 1 is 1.05 bits per heavy atom. The van der Waals surface area contributed by atoms with Crippen molar-refractivity contribution in [1.82, 2.24) is 9.55 Å². The van der Waals surface area contributed by atoms with Crippen molar-refractivity contribution in [3.63, 3.8) is 0 Å². The molecule has 0 aliphatic carbocycles. The summed E-state index contributed by atoms with van der Waals surface area (Å²) in [7, 11) is 2.05. The van der Waals surface area contributed by atoms with Gasteiger partial charge in [0.1, 0.15) is 0 Å². The van der Waals surface area contributed by atoms with Crippen LogP contribution in [0, 0.1) is 6.92 Å². The Balaban J connectivity index is 2.19. The van der Waals surface area contributed by atoms with E-state index in [0.717, 1.165) is 0 Å². The molecule has 0 atom stereocenters. The first-order valence-electron chi connectivity index (χ1n) is 7.11. The highest BCUT2D eigenvalue weighted by Crippen LogP contribution is 2.34. The van der Waals surface area contributed by atoms with Crippen LogP contribution in [0.5, 0.6) is 0 Å². The number of benzene rings is 1. The van der Waals surface area contributed by atoms with Gasteiger partial charge in [-0.25, -0.2) is 0 Å². The molecule has 0 spiro atoms. The second-order valence-electron chi connectivity index (χ2n) is 6.70. The van der Waals surface area contributed by atoms with Crippen molar-refractivity contribution < 1.29 is 0 Å². The lowest BCUT2D eigenvalue weighted by Crippen LogP contribution is -2.11. The number of nitrogens with zero attached hydrogens (tertiary/aromatic N) is 1. The summed E-state index contributed by atoms with van der Waals surface area (Å²) >= 11 is 0. The number of fused-ring (bicyclic) bond motifs is 1. The minimum absolute atomic E-state index is 0.163. The minimum atomic E-state index is 0.163. The molecule has 0 bridgehead atoms. The molecule has 0 radical (unpaired) electrons. The van der Waals surface area contributed by atoms with Gasteiger partial charge in [-0.3, -0.25) is 0 Å². The van der Waals surface area contributed by atoms with Crippen LogP contribution in [0.25, 0.3) is 22.0 Å². The molecule has 0 saturated carbocycles. The van der Waals surface area contributed by atoms with Gasteiger partial charge >= 0.3 is 0 Å². The molecule has 0 unspecified atom stereocenters. The van der Waals surface area contributed by atoms with E-state index in [-0.39, 0.29) is 5.41 Å². The van der Waals surface area contributed by atoms with Gasteiger partial charge in [-0.2, -0.15) is 0 Å². The van der Waals surface area contributed by atoms with E-state index >= 15 is 0 Å². The van der Waals surface area contributed by atoms with Crippen LogP contribution < -0.4 is 0 Å². The molecule has 3 aromatic rings. The molecule has 0 amide bonds. The summed E-state index contributed by atoms with van der Waals surface area (Å²) in [5.74, 6) is 0. The summed E-state index contributed by atoms with van der Waals surface area (Å²) in [5.41, 5.74) is 6.62. The molecule has 2 heterocycles. The van der Waals surface area contributed by atoms with Crippen molar-refractivity contribution in [1.29, 1.82) is 0 Å². The lowest BCUT2D eigenvalue weighted by atomic mass is 9.85. The molecule has 104 valence electrons. The van der Waals surface area contributed by atoms with Gasteiger partial charge in [0.15, 0.2) is 0 Å². The summed E-state index contributed by atoms with van der Waals surface area (Å²) < 4.78 is 2.08. The van der Waals surface area contributed by atoms with Crippen molar-refractivity contribution in [3.8, 4) is 11.1 Å². The zero-order valence-corrected chi connectivity index (χ0v) is 12.9. The van der Waals surface area contributed by atoms with E-state index in [0.29, 0.717) is 0 Å². The molecule has 2 nitrogen and oxygen atoms in total. The Labute approximate surface area is 120 Å². The van der Waals surface area contributed by atoms with Crippen LogP contribution in [-0.4, -0.2) is 9.55 Å². The van der Waals surface area contributed by atoms with Crippen molar-refractivity contribution in [2.45, 2.75) is 33.1 Å². The van der Waals surface area contributed by atoms with Crippen molar-refractivity contribution in [3.05, 3.63) is 47.9 Å². The van der Waals surface area contributed by atoms with E-state index in [1.54, 1.807) is 0 Å². The molecule has 20 heavy (non-hydrogen) atoms. The molecule has 3 rings (SSSR count). The molecule has 2 heteroatoms. The Morgan fingerprint density at radius 3 is 2.40 bits per heavy atom. The molecular formula is C18H22N2. The summed E-state index contributed by atoms with van der Waals surface area (Å²) in [4.78, 5) is 3.54. The highest BCUT2D eigenvalue weighted by Gasteiger charge is 2.21. The third-order valence-corrected chi connectivity index (χ3v) is 3.90. The molecule has 0 aliphatic rings. The number of hydrogen-bond donors (Lipinski definition) is 1. The fourth-order valence-electron chi connectivity index (χ4n) is 3.15. The molecule has 1 N–H and O–H groups in total. The summed E-state index contributed by atoms with van der Waals surface area (Å²) in [6.07, 6.45) is 4.24. The van der Waals surface area contributed by atoms with Crippen molar-refractivity contribution in [2.24, 2.45) is 7.05 Å². The Hall–Kier alpha value is -1.96. The van der Waals surface area contributed by atoms with Gasteiger partial charge in [-0.05, 0) is 41.2 Å². The largest absolute Gasteiger partial charge is 0.358 e. The number of rotatable bonds is 1. The van der Waals surface area contributed by atoms with E-state index in [4.69, 9.17) is 0 Å². The summed E-state index contributed by atoms with van der Waals surface area (Å²) in [6, 6.07) is 8.89. The fourth-order valence-corrected chi connectivity index (χ4v) is 3.15.